The molecule has 0 saturated heterocycles. The second-order valence-electron chi connectivity index (χ2n) is 13.0. The minimum Gasteiger partial charge on any atom is -0.509 e. The van der Waals surface area contributed by atoms with Crippen molar-refractivity contribution in [3.8, 4) is 17.3 Å². The molecule has 0 unspecified atom stereocenters. The molecule has 0 aliphatic carbocycles. The fourth-order valence-corrected chi connectivity index (χ4v) is 6.53. The zero-order valence-electron chi connectivity index (χ0n) is 26.8. The number of furan rings is 1. The Morgan fingerprint density at radius 3 is 2.46 bits per heavy atom. The van der Waals surface area contributed by atoms with Crippen molar-refractivity contribution < 1.29 is 30.2 Å². The number of rotatable bonds is 4. The first-order valence-electron chi connectivity index (χ1n) is 15.6. The first kappa shape index (κ1) is 30.2. The van der Waals surface area contributed by atoms with Gasteiger partial charge in [-0.2, -0.15) is 18.8 Å². The normalized spacial score (nSPS) is 13.1. The predicted molar refractivity (Wildman–Crippen MR) is 188 cm³/mol. The molecule has 7 nitrogen and oxygen atoms in total. The van der Waals surface area contributed by atoms with Gasteiger partial charge in [-0.15, -0.1) is 41.4 Å². The first-order chi connectivity index (χ1) is 22.8. The third-order valence-corrected chi connectivity index (χ3v) is 8.90. The van der Waals surface area contributed by atoms with Gasteiger partial charge in [-0.3, -0.25) is 0 Å². The molecule has 0 amide bonds. The van der Waals surface area contributed by atoms with E-state index in [1.54, 1.807) is 6.20 Å². The Balaban J connectivity index is 0.00000336. The number of hydrogen-bond donors (Lipinski definition) is 0. The van der Waals surface area contributed by atoms with E-state index >= 15 is 0 Å². The van der Waals surface area contributed by atoms with E-state index in [2.05, 4.69) is 114 Å². The Kier molecular flexibility index (Phi) is 7.08. The van der Waals surface area contributed by atoms with Crippen LogP contribution < -0.4 is 14.5 Å². The monoisotopic (exact) mass is 807 g/mol. The van der Waals surface area contributed by atoms with Crippen LogP contribution in [0.2, 0.25) is 0 Å². The minimum atomic E-state index is -0.00704. The van der Waals surface area contributed by atoms with Gasteiger partial charge >= 0.3 is 0 Å². The van der Waals surface area contributed by atoms with Crippen LogP contribution in [0, 0.1) is 18.8 Å². The second-order valence-corrected chi connectivity index (χ2v) is 13.0. The van der Waals surface area contributed by atoms with Crippen molar-refractivity contribution in [1.29, 1.82) is 0 Å². The molecule has 8 heteroatoms. The summed E-state index contributed by atoms with van der Waals surface area (Å²) < 4.78 is 14.7. The number of anilines is 3. The molecule has 5 heterocycles. The molecule has 8 aromatic rings. The average Bonchev–Trinajstić information content (AvgIpc) is 3.72. The number of fused-ring (bicyclic) bond motifs is 7. The Hall–Kier alpha value is -5.13. The number of hydrogen-bond acceptors (Lipinski definition) is 6. The van der Waals surface area contributed by atoms with Gasteiger partial charge in [0.05, 0.1) is 0 Å². The smallest absolute Gasteiger partial charge is 0.227 e. The molecule has 0 bridgehead atoms. The minimum absolute atomic E-state index is 0. The molecule has 4 aromatic heterocycles. The van der Waals surface area contributed by atoms with Gasteiger partial charge in [-0.25, -0.2) is 9.97 Å². The maximum absolute atomic E-state index is 6.46. The quantitative estimate of drug-likeness (QED) is 0.165. The Labute approximate surface area is 292 Å². The van der Waals surface area contributed by atoms with Crippen LogP contribution >= 0.6 is 0 Å². The number of ether oxygens (including phenoxy) is 1. The van der Waals surface area contributed by atoms with Gasteiger partial charge in [-0.05, 0) is 59.8 Å². The summed E-state index contributed by atoms with van der Waals surface area (Å²) in [6.07, 6.45) is 3.64. The van der Waals surface area contributed by atoms with Crippen LogP contribution in [0.1, 0.15) is 26.3 Å². The van der Waals surface area contributed by atoms with Crippen LogP contribution in [0.5, 0.6) is 11.5 Å². The van der Waals surface area contributed by atoms with Gasteiger partial charge in [0.1, 0.15) is 11.4 Å². The zero-order valence-corrected chi connectivity index (χ0v) is 29.0. The molecule has 1 aliphatic rings. The molecule has 240 valence electrons. The first-order valence-corrected chi connectivity index (χ1v) is 15.6. The summed E-state index contributed by atoms with van der Waals surface area (Å²) in [6, 6.07) is 37.9. The third kappa shape index (κ3) is 4.84. The molecule has 1 aliphatic heterocycles. The van der Waals surface area contributed by atoms with Crippen molar-refractivity contribution in [2.24, 2.45) is 0 Å². The SMILES string of the molecule is CN1[CH-]N(c2[c-]c(Oc3[c-]c4c(cc3)c3ccccc3n4-c3cc(C(C)(C)C)ccn3)ccc2)c2cc3c(cc21)oc1ncccc13.[Pt]. The molecule has 0 N–H and O–H groups in total. The van der Waals surface area contributed by atoms with Gasteiger partial charge in [0.2, 0.25) is 5.71 Å². The summed E-state index contributed by atoms with van der Waals surface area (Å²) in [4.78, 5) is 13.4. The standard InChI is InChI=1S/C40H30N5O2.Pt/c1-40(2,3)25-16-18-41-38(19-25)45-33-13-6-5-11-29(33)30-15-14-28(21-34(30)45)46-27-10-7-9-26(20-27)44-24-43(4)35-23-37-32(22-36(35)44)31-12-8-17-42-39(31)47-37;/h5-19,22-24H,1-4H3;/q-3;. The zero-order chi connectivity index (χ0) is 31.9. The fourth-order valence-electron chi connectivity index (χ4n) is 6.53. The van der Waals surface area contributed by atoms with Crippen LogP contribution in [-0.4, -0.2) is 21.6 Å². The van der Waals surface area contributed by atoms with E-state index in [9.17, 15) is 0 Å². The molecule has 0 fully saturated rings. The van der Waals surface area contributed by atoms with Crippen molar-refractivity contribution in [2.45, 2.75) is 26.2 Å². The summed E-state index contributed by atoms with van der Waals surface area (Å²) in [5.74, 6) is 2.05. The number of para-hydroxylation sites is 1. The van der Waals surface area contributed by atoms with E-state index in [0.717, 1.165) is 61.0 Å². The van der Waals surface area contributed by atoms with Crippen molar-refractivity contribution in [3.63, 3.8) is 0 Å². The maximum Gasteiger partial charge on any atom is 0.227 e. The molecule has 9 rings (SSSR count). The number of nitrogens with zero attached hydrogens (tertiary/aromatic N) is 5. The van der Waals surface area contributed by atoms with E-state index < -0.39 is 0 Å². The maximum atomic E-state index is 6.46. The molecular weight excluding hydrogens is 778 g/mol. The predicted octanol–water partition coefficient (Wildman–Crippen LogP) is 9.87. The van der Waals surface area contributed by atoms with Crippen molar-refractivity contribution in [1.82, 2.24) is 14.5 Å². The van der Waals surface area contributed by atoms with Crippen molar-refractivity contribution in [2.75, 3.05) is 16.8 Å². The Bertz CT molecular complexity index is 2510. The molecule has 0 spiro atoms. The van der Waals surface area contributed by atoms with Gasteiger partial charge in [0.15, 0.2) is 0 Å². The van der Waals surface area contributed by atoms with Crippen LogP contribution in [0.3, 0.4) is 0 Å². The largest absolute Gasteiger partial charge is 0.509 e. The number of aromatic nitrogens is 3. The topological polar surface area (TPSA) is 59.6 Å². The van der Waals surface area contributed by atoms with Gasteiger partial charge < -0.3 is 23.5 Å². The van der Waals surface area contributed by atoms with E-state index in [4.69, 9.17) is 14.1 Å². The number of pyridine rings is 2. The molecule has 48 heavy (non-hydrogen) atoms. The van der Waals surface area contributed by atoms with E-state index in [1.165, 1.54) is 5.56 Å². The molecule has 4 aromatic carbocycles. The third-order valence-electron chi connectivity index (χ3n) is 8.90. The van der Waals surface area contributed by atoms with Crippen molar-refractivity contribution in [3.05, 3.63) is 128 Å². The Morgan fingerprint density at radius 1 is 0.750 bits per heavy atom. The van der Waals surface area contributed by atoms with Crippen LogP contribution in [-0.2, 0) is 26.5 Å². The van der Waals surface area contributed by atoms with Crippen LogP contribution in [0.4, 0.5) is 17.1 Å². The summed E-state index contributed by atoms with van der Waals surface area (Å²) in [6.45, 7) is 8.70. The average molecular weight is 808 g/mol. The summed E-state index contributed by atoms with van der Waals surface area (Å²) >= 11 is 0. The molecule has 0 saturated carbocycles. The number of benzene rings is 4. The summed E-state index contributed by atoms with van der Waals surface area (Å²) in [5.41, 5.74) is 7.56. The molecule has 0 radical (unpaired) electrons. The van der Waals surface area contributed by atoms with Gasteiger partial charge in [0, 0.05) is 78.7 Å². The van der Waals surface area contributed by atoms with Crippen LogP contribution in [0.15, 0.2) is 108 Å². The van der Waals surface area contributed by atoms with E-state index in [0.29, 0.717) is 17.2 Å². The second kappa shape index (κ2) is 11.2. The van der Waals surface area contributed by atoms with Gasteiger partial charge in [0.25, 0.3) is 0 Å². The molecular formula is C40H30N5O2Pt-3. The summed E-state index contributed by atoms with van der Waals surface area (Å²) in [7, 11) is 2.03. The van der Waals surface area contributed by atoms with E-state index in [-0.39, 0.29) is 26.5 Å². The van der Waals surface area contributed by atoms with E-state index in [1.807, 2.05) is 49.6 Å². The Morgan fingerprint density at radius 2 is 1.58 bits per heavy atom. The molecule has 0 atom stereocenters. The van der Waals surface area contributed by atoms with Gasteiger partial charge in [-0.1, -0.05) is 44.5 Å². The van der Waals surface area contributed by atoms with Crippen molar-refractivity contribution >= 4 is 60.9 Å². The fraction of sp³-hybridized carbons (Fsp3) is 0.125. The van der Waals surface area contributed by atoms with Crippen LogP contribution in [0.25, 0.3) is 49.7 Å². The summed E-state index contributed by atoms with van der Waals surface area (Å²) in [5, 5.41) is 4.25.